The third kappa shape index (κ3) is 10.2. The van der Waals surface area contributed by atoms with Gasteiger partial charge in [0.1, 0.15) is 12.1 Å². The van der Waals surface area contributed by atoms with Gasteiger partial charge in [0, 0.05) is 88.5 Å². The SMILES string of the molecule is [2H]c1c([2H])c([2H])c(-c2cc(C#N)c(N3c4cc(-n5c6ccc(C(C)(C)C)cc6c6cc(C(C)(C)C)ccc65)ccc4B4c5ccc(-n6c7ccc(C(C)(C)C)cc7c7cc(C(C)(C)C)ccc76)cc5N(c5ccc(C#N)c(-n6c7ccccc7c7ccccc76)c5)c5cccc3c54)cc2-n2c3ccccc3c3ccccc32)c([2H])c1[2H]. The van der Waals surface area contributed by atoms with Gasteiger partial charge in [-0.05, 0) is 205 Å². The van der Waals surface area contributed by atoms with Gasteiger partial charge < -0.3 is 28.1 Å². The standard InChI is InChI=1S/C102H83BN8/c1-99(2,3)65-38-47-87-77(52-65)78-53-66(100(4,5)6)39-48-88(78)106(87)70-43-45-81-96(57-70)108(69-42-37-63(60-104)93(56-69)109-83-31-20-16-27-72(83)73-28-17-21-32-84(73)109)91-35-24-36-92-98(91)103(81)82-46-44-71(107-89-49-40-67(101(7,8)9)54-79(89)80-55-68(102(10,11)12)41-50-90(80)107)58-97(82)111(92)94-59-95(76(51-64(94)61-105)62-25-14-13-15-26-62)110-85-33-22-18-29-74(85)75-30-19-23-34-86(75)110/h13-59H,1-12H3/i13D,14D,15D,25D,26D. The summed E-state index contributed by atoms with van der Waals surface area (Å²) in [6.45, 7) is 26.8. The summed E-state index contributed by atoms with van der Waals surface area (Å²) < 4.78 is 55.9. The maximum absolute atomic E-state index is 12.4. The largest absolute Gasteiger partial charge is 0.311 e. The fourth-order valence-electron chi connectivity index (χ4n) is 18.1. The van der Waals surface area contributed by atoms with Gasteiger partial charge in [-0.25, -0.2) is 0 Å². The molecule has 0 aliphatic carbocycles. The number of nitriles is 2. The van der Waals surface area contributed by atoms with Crippen molar-refractivity contribution in [1.82, 2.24) is 18.3 Å². The molecule has 14 aromatic carbocycles. The van der Waals surface area contributed by atoms with Crippen LogP contribution in [-0.4, -0.2) is 25.0 Å². The molecule has 0 unspecified atom stereocenters. The minimum Gasteiger partial charge on any atom is -0.311 e. The summed E-state index contributed by atoms with van der Waals surface area (Å²) in [6.07, 6.45) is 0. The first-order chi connectivity index (χ1) is 55.6. The molecular weight excluding hydrogens is 1350 g/mol. The van der Waals surface area contributed by atoms with E-state index in [2.05, 4.69) is 336 Å². The fourth-order valence-corrected chi connectivity index (χ4v) is 18.1. The lowest BCUT2D eigenvalue weighted by Crippen LogP contribution is -2.61. The highest BCUT2D eigenvalue weighted by Gasteiger charge is 2.45. The van der Waals surface area contributed by atoms with Crippen molar-refractivity contribution in [1.29, 1.82) is 10.5 Å². The van der Waals surface area contributed by atoms with Crippen molar-refractivity contribution in [3.8, 4) is 46.0 Å². The topological polar surface area (TPSA) is 73.8 Å². The van der Waals surface area contributed by atoms with Crippen molar-refractivity contribution in [2.24, 2.45) is 0 Å². The fraction of sp³-hybridized carbons (Fsp3) is 0.157. The molecule has 6 heterocycles. The van der Waals surface area contributed by atoms with Crippen LogP contribution in [0, 0.1) is 22.7 Å². The van der Waals surface area contributed by atoms with Crippen molar-refractivity contribution >= 4 is 144 Å². The molecule has 8 nitrogen and oxygen atoms in total. The molecular formula is C102H83BN8. The van der Waals surface area contributed by atoms with Gasteiger partial charge in [-0.15, -0.1) is 0 Å². The zero-order valence-electron chi connectivity index (χ0n) is 69.4. The Morgan fingerprint density at radius 3 is 1.07 bits per heavy atom. The van der Waals surface area contributed by atoms with E-state index >= 15 is 0 Å². The molecule has 2 aliphatic rings. The number of hydrogen-bond donors (Lipinski definition) is 0. The van der Waals surface area contributed by atoms with Crippen LogP contribution >= 0.6 is 0 Å². The van der Waals surface area contributed by atoms with Crippen molar-refractivity contribution in [2.75, 3.05) is 9.80 Å². The Kier molecular flexibility index (Phi) is 13.5. The number of hydrogen-bond acceptors (Lipinski definition) is 4. The van der Waals surface area contributed by atoms with Crippen LogP contribution in [-0.2, 0) is 21.7 Å². The van der Waals surface area contributed by atoms with Gasteiger partial charge in [0.15, 0.2) is 0 Å². The van der Waals surface area contributed by atoms with Crippen molar-refractivity contribution in [2.45, 2.75) is 105 Å². The minimum atomic E-state index is -0.511. The molecule has 0 radical (unpaired) electrons. The molecule has 0 spiro atoms. The second-order valence-electron chi connectivity index (χ2n) is 34.4. The first-order valence-corrected chi connectivity index (χ1v) is 38.5. The highest BCUT2D eigenvalue weighted by molar-refractivity contribution is 7.00. The van der Waals surface area contributed by atoms with E-state index in [0.717, 1.165) is 138 Å². The normalized spacial score (nSPS) is 13.8. The third-order valence-corrected chi connectivity index (χ3v) is 23.7. The molecule has 111 heavy (non-hydrogen) atoms. The van der Waals surface area contributed by atoms with Crippen LogP contribution in [0.25, 0.3) is 121 Å². The molecule has 0 fully saturated rings. The molecule has 4 aromatic heterocycles. The van der Waals surface area contributed by atoms with Crippen LogP contribution in [0.4, 0.5) is 34.1 Å². The molecule has 0 atom stereocenters. The Morgan fingerprint density at radius 2 is 0.658 bits per heavy atom. The van der Waals surface area contributed by atoms with Crippen LogP contribution < -0.4 is 26.2 Å². The highest BCUT2D eigenvalue weighted by atomic mass is 15.2. The van der Waals surface area contributed by atoms with E-state index in [9.17, 15) is 16.0 Å². The number of anilines is 6. The second-order valence-corrected chi connectivity index (χ2v) is 34.4. The summed E-state index contributed by atoms with van der Waals surface area (Å²) in [4.78, 5) is 4.65. The lowest BCUT2D eigenvalue weighted by molar-refractivity contribution is 0.590. The van der Waals surface area contributed by atoms with Crippen LogP contribution in [0.3, 0.4) is 0 Å². The van der Waals surface area contributed by atoms with Gasteiger partial charge in [-0.3, -0.25) is 0 Å². The van der Waals surface area contributed by atoms with E-state index in [-0.39, 0.29) is 44.9 Å². The summed E-state index contributed by atoms with van der Waals surface area (Å²) >= 11 is 0. The van der Waals surface area contributed by atoms with Gasteiger partial charge in [0.2, 0.25) is 0 Å². The molecule has 20 rings (SSSR count). The van der Waals surface area contributed by atoms with Crippen LogP contribution in [0.2, 0.25) is 0 Å². The van der Waals surface area contributed by atoms with E-state index in [0.29, 0.717) is 22.5 Å². The van der Waals surface area contributed by atoms with Crippen LogP contribution in [0.5, 0.6) is 0 Å². The molecule has 9 heteroatoms. The lowest BCUT2D eigenvalue weighted by Gasteiger charge is -2.44. The minimum absolute atomic E-state index is 0.0236. The summed E-state index contributed by atoms with van der Waals surface area (Å²) in [5.74, 6) is 0. The zero-order valence-corrected chi connectivity index (χ0v) is 64.4. The van der Waals surface area contributed by atoms with Gasteiger partial charge in [0.25, 0.3) is 6.71 Å². The van der Waals surface area contributed by atoms with E-state index in [1.54, 1.807) is 6.07 Å². The van der Waals surface area contributed by atoms with E-state index in [4.69, 9.17) is 1.37 Å². The van der Waals surface area contributed by atoms with Gasteiger partial charge in [-0.1, -0.05) is 229 Å². The third-order valence-electron chi connectivity index (χ3n) is 23.7. The average Bonchev–Trinajstić information content (AvgIpc) is 0.838. The molecule has 0 amide bonds. The first kappa shape index (κ1) is 61.9. The quantitative estimate of drug-likeness (QED) is 0.149. The Labute approximate surface area is 655 Å². The molecule has 0 saturated heterocycles. The summed E-state index contributed by atoms with van der Waals surface area (Å²) in [5.41, 5.74) is 24.1. The number of rotatable bonds is 7. The van der Waals surface area contributed by atoms with Crippen molar-refractivity contribution in [3.05, 3.63) is 318 Å². The lowest BCUT2D eigenvalue weighted by atomic mass is 9.33. The molecule has 2 aliphatic heterocycles. The summed E-state index contributed by atoms with van der Waals surface area (Å²) in [7, 11) is 0. The van der Waals surface area contributed by atoms with Crippen molar-refractivity contribution in [3.63, 3.8) is 0 Å². The number of para-hydroxylation sites is 4. The zero-order chi connectivity index (χ0) is 80.4. The predicted molar refractivity (Wildman–Crippen MR) is 467 cm³/mol. The van der Waals surface area contributed by atoms with Crippen LogP contribution in [0.1, 0.15) is 123 Å². The second kappa shape index (κ2) is 24.2. The van der Waals surface area contributed by atoms with Crippen LogP contribution in [0.15, 0.2) is 285 Å². The maximum Gasteiger partial charge on any atom is 0.252 e. The molecule has 534 valence electrons. The predicted octanol–water partition coefficient (Wildman–Crippen LogP) is 24.8. The Hall–Kier alpha value is -13.1. The van der Waals surface area contributed by atoms with Gasteiger partial charge >= 0.3 is 0 Å². The highest BCUT2D eigenvalue weighted by Crippen LogP contribution is 2.51. The molecule has 0 bridgehead atoms. The number of benzene rings is 14. The Bertz CT molecular complexity index is 7170. The first-order valence-electron chi connectivity index (χ1n) is 41.0. The number of nitrogens with zero attached hydrogens (tertiary/aromatic N) is 8. The van der Waals surface area contributed by atoms with Crippen molar-refractivity contribution < 1.29 is 6.85 Å². The average molecular weight is 1440 g/mol. The number of aromatic nitrogens is 4. The number of fused-ring (bicyclic) bond motifs is 16. The monoisotopic (exact) mass is 1440 g/mol. The Balaban J connectivity index is 0.916. The van der Waals surface area contributed by atoms with Gasteiger partial charge in [0.05, 0.1) is 79.2 Å². The Morgan fingerprint density at radius 1 is 0.288 bits per heavy atom. The molecule has 0 saturated carbocycles. The van der Waals surface area contributed by atoms with E-state index in [1.165, 1.54) is 33.0 Å². The van der Waals surface area contributed by atoms with Gasteiger partial charge in [-0.2, -0.15) is 10.5 Å². The molecule has 0 N–H and O–H groups in total. The molecule has 18 aromatic rings. The summed E-state index contributed by atoms with van der Waals surface area (Å²) in [5, 5.41) is 32.5. The summed E-state index contributed by atoms with van der Waals surface area (Å²) in [6, 6.07) is 94.4. The smallest absolute Gasteiger partial charge is 0.252 e. The van der Waals surface area contributed by atoms with E-state index in [1.807, 2.05) is 36.4 Å². The maximum atomic E-state index is 12.4. The van der Waals surface area contributed by atoms with E-state index < -0.39 is 24.8 Å².